The maximum atomic E-state index is 4.51. The van der Waals surface area contributed by atoms with E-state index in [1.165, 1.54) is 5.56 Å². The quantitative estimate of drug-likeness (QED) is 0.729. The van der Waals surface area contributed by atoms with E-state index >= 15 is 0 Å². The molecule has 2 heterocycles. The maximum Gasteiger partial charge on any atom is 0.225 e. The van der Waals surface area contributed by atoms with Crippen LogP contribution in [0.2, 0.25) is 0 Å². The van der Waals surface area contributed by atoms with Crippen LogP contribution in [-0.2, 0) is 0 Å². The summed E-state index contributed by atoms with van der Waals surface area (Å²) in [6.45, 7) is 2.07. The van der Waals surface area contributed by atoms with E-state index in [0.717, 1.165) is 26.2 Å². The Morgan fingerprint density at radius 2 is 2.05 bits per heavy atom. The van der Waals surface area contributed by atoms with Crippen LogP contribution in [0.1, 0.15) is 5.56 Å². The lowest BCUT2D eigenvalue weighted by Crippen LogP contribution is -2.01. The predicted octanol–water partition coefficient (Wildman–Crippen LogP) is 4.55. The van der Waals surface area contributed by atoms with Gasteiger partial charge < -0.3 is 10.6 Å². The fraction of sp³-hybridized carbons (Fsp3) is 0.143. The predicted molar refractivity (Wildman–Crippen MR) is 89.1 cm³/mol. The molecular formula is C14H13BrN4S. The van der Waals surface area contributed by atoms with E-state index in [-0.39, 0.29) is 0 Å². The van der Waals surface area contributed by atoms with E-state index in [0.29, 0.717) is 5.95 Å². The number of aromatic nitrogens is 2. The Kier molecular flexibility index (Phi) is 3.58. The molecule has 0 aliphatic heterocycles. The molecule has 0 saturated carbocycles. The first-order valence-corrected chi connectivity index (χ1v) is 7.81. The first kappa shape index (κ1) is 13.3. The van der Waals surface area contributed by atoms with Crippen molar-refractivity contribution in [3.8, 4) is 0 Å². The molecule has 2 N–H and O–H groups in total. The molecule has 0 amide bonds. The Morgan fingerprint density at radius 1 is 1.20 bits per heavy atom. The van der Waals surface area contributed by atoms with Crippen molar-refractivity contribution in [3.63, 3.8) is 0 Å². The van der Waals surface area contributed by atoms with Crippen molar-refractivity contribution in [3.05, 3.63) is 39.7 Å². The van der Waals surface area contributed by atoms with E-state index in [4.69, 9.17) is 0 Å². The van der Waals surface area contributed by atoms with Gasteiger partial charge in [-0.3, -0.25) is 0 Å². The van der Waals surface area contributed by atoms with Gasteiger partial charge in [-0.1, -0.05) is 6.07 Å². The van der Waals surface area contributed by atoms with E-state index < -0.39 is 0 Å². The summed E-state index contributed by atoms with van der Waals surface area (Å²) in [5.74, 6) is 1.43. The van der Waals surface area contributed by atoms with Crippen molar-refractivity contribution in [1.82, 2.24) is 9.97 Å². The van der Waals surface area contributed by atoms with Crippen LogP contribution in [0.5, 0.6) is 0 Å². The molecule has 1 aromatic carbocycles. The number of hydrogen-bond donors (Lipinski definition) is 2. The van der Waals surface area contributed by atoms with Crippen molar-refractivity contribution in [2.45, 2.75) is 6.92 Å². The minimum absolute atomic E-state index is 0.617. The SMILES string of the molecule is CNc1nc(Nc2cc(C)ccc2Br)c2ccsc2n1. The third-order valence-corrected chi connectivity index (χ3v) is 4.42. The van der Waals surface area contributed by atoms with Gasteiger partial charge in [0.05, 0.1) is 11.1 Å². The maximum absolute atomic E-state index is 4.51. The molecule has 3 aromatic rings. The highest BCUT2D eigenvalue weighted by atomic mass is 79.9. The molecule has 0 saturated heterocycles. The first-order chi connectivity index (χ1) is 9.67. The molecule has 102 valence electrons. The lowest BCUT2D eigenvalue weighted by Gasteiger charge is -2.11. The number of benzene rings is 1. The minimum atomic E-state index is 0.617. The number of halogens is 1. The van der Waals surface area contributed by atoms with Crippen LogP contribution in [0, 0.1) is 6.92 Å². The number of hydrogen-bond acceptors (Lipinski definition) is 5. The lowest BCUT2D eigenvalue weighted by molar-refractivity contribution is 1.20. The Morgan fingerprint density at radius 3 is 2.85 bits per heavy atom. The van der Waals surface area contributed by atoms with Crippen molar-refractivity contribution >= 4 is 54.9 Å². The van der Waals surface area contributed by atoms with Gasteiger partial charge in [0.15, 0.2) is 0 Å². The fourth-order valence-electron chi connectivity index (χ4n) is 1.92. The van der Waals surface area contributed by atoms with Crippen LogP contribution in [0.3, 0.4) is 0 Å². The normalized spacial score (nSPS) is 10.8. The van der Waals surface area contributed by atoms with E-state index in [2.05, 4.69) is 55.6 Å². The van der Waals surface area contributed by atoms with Gasteiger partial charge in [0.25, 0.3) is 0 Å². The third-order valence-electron chi connectivity index (χ3n) is 2.92. The molecule has 0 spiro atoms. The number of thiophene rings is 1. The summed E-state index contributed by atoms with van der Waals surface area (Å²) >= 11 is 5.17. The summed E-state index contributed by atoms with van der Waals surface area (Å²) in [6, 6.07) is 8.21. The number of nitrogens with one attached hydrogen (secondary N) is 2. The van der Waals surface area contributed by atoms with Crippen molar-refractivity contribution in [2.24, 2.45) is 0 Å². The van der Waals surface area contributed by atoms with Crippen molar-refractivity contribution < 1.29 is 0 Å². The van der Waals surface area contributed by atoms with Gasteiger partial charge in [0, 0.05) is 11.5 Å². The van der Waals surface area contributed by atoms with E-state index in [1.807, 2.05) is 24.6 Å². The molecule has 0 unspecified atom stereocenters. The molecular weight excluding hydrogens is 336 g/mol. The topological polar surface area (TPSA) is 49.8 Å². The van der Waals surface area contributed by atoms with Crippen LogP contribution < -0.4 is 10.6 Å². The zero-order valence-corrected chi connectivity index (χ0v) is 13.5. The second-order valence-electron chi connectivity index (χ2n) is 4.39. The molecule has 20 heavy (non-hydrogen) atoms. The van der Waals surface area contributed by atoms with Gasteiger partial charge in [-0.25, -0.2) is 4.98 Å². The minimum Gasteiger partial charge on any atom is -0.357 e. The third kappa shape index (κ3) is 2.48. The highest BCUT2D eigenvalue weighted by molar-refractivity contribution is 9.10. The molecule has 0 atom stereocenters. The largest absolute Gasteiger partial charge is 0.357 e. The summed E-state index contributed by atoms with van der Waals surface area (Å²) in [5.41, 5.74) is 2.19. The Bertz CT molecular complexity index is 769. The average Bonchev–Trinajstić information content (AvgIpc) is 2.91. The summed E-state index contributed by atoms with van der Waals surface area (Å²) in [7, 11) is 1.82. The highest BCUT2D eigenvalue weighted by Gasteiger charge is 2.10. The van der Waals surface area contributed by atoms with Gasteiger partial charge >= 0.3 is 0 Å². The van der Waals surface area contributed by atoms with Crippen LogP contribution in [0.4, 0.5) is 17.5 Å². The van der Waals surface area contributed by atoms with Gasteiger partial charge in [-0.2, -0.15) is 4.98 Å². The monoisotopic (exact) mass is 348 g/mol. The number of nitrogens with zero attached hydrogens (tertiary/aromatic N) is 2. The number of anilines is 3. The molecule has 0 aliphatic rings. The second-order valence-corrected chi connectivity index (χ2v) is 6.14. The van der Waals surface area contributed by atoms with Gasteiger partial charge in [-0.05, 0) is 52.0 Å². The second kappa shape index (κ2) is 5.38. The standard InChI is InChI=1S/C14H13BrN4S/c1-8-3-4-10(15)11(7-8)17-12-9-5-6-20-13(9)19-14(16-2)18-12/h3-7H,1-2H3,(H2,16,17,18,19). The average molecular weight is 349 g/mol. The number of fused-ring (bicyclic) bond motifs is 1. The molecule has 3 rings (SSSR count). The fourth-order valence-corrected chi connectivity index (χ4v) is 3.03. The molecule has 2 aromatic heterocycles. The molecule has 0 bridgehead atoms. The van der Waals surface area contributed by atoms with Crippen molar-refractivity contribution in [1.29, 1.82) is 0 Å². The number of rotatable bonds is 3. The van der Waals surface area contributed by atoms with E-state index in [1.54, 1.807) is 11.3 Å². The Labute approximate surface area is 129 Å². The highest BCUT2D eigenvalue weighted by Crippen LogP contribution is 2.31. The summed E-state index contributed by atoms with van der Waals surface area (Å²) < 4.78 is 1.01. The molecule has 0 fully saturated rings. The van der Waals surface area contributed by atoms with Gasteiger partial charge in [0.2, 0.25) is 5.95 Å². The smallest absolute Gasteiger partial charge is 0.225 e. The van der Waals surface area contributed by atoms with Crippen LogP contribution in [-0.4, -0.2) is 17.0 Å². The molecule has 4 nitrogen and oxygen atoms in total. The molecule has 0 radical (unpaired) electrons. The first-order valence-electron chi connectivity index (χ1n) is 6.13. The van der Waals surface area contributed by atoms with Gasteiger partial charge in [-0.15, -0.1) is 11.3 Å². The molecule has 6 heteroatoms. The van der Waals surface area contributed by atoms with Crippen LogP contribution >= 0.6 is 27.3 Å². The summed E-state index contributed by atoms with van der Waals surface area (Å²) in [5, 5.41) is 9.43. The van der Waals surface area contributed by atoms with Crippen LogP contribution in [0.15, 0.2) is 34.1 Å². The summed E-state index contributed by atoms with van der Waals surface area (Å²) in [6.07, 6.45) is 0. The number of aryl methyl sites for hydroxylation is 1. The Hall–Kier alpha value is -1.66. The van der Waals surface area contributed by atoms with E-state index in [9.17, 15) is 0 Å². The molecule has 0 aliphatic carbocycles. The van der Waals surface area contributed by atoms with Crippen molar-refractivity contribution in [2.75, 3.05) is 17.7 Å². The lowest BCUT2D eigenvalue weighted by atomic mass is 10.2. The summed E-state index contributed by atoms with van der Waals surface area (Å²) in [4.78, 5) is 9.92. The Balaban J connectivity index is 2.09. The zero-order valence-electron chi connectivity index (χ0n) is 11.1. The zero-order chi connectivity index (χ0) is 14.1. The van der Waals surface area contributed by atoms with Gasteiger partial charge in [0.1, 0.15) is 10.6 Å². The van der Waals surface area contributed by atoms with Crippen LogP contribution in [0.25, 0.3) is 10.2 Å².